The normalized spacial score (nSPS) is 11.1. The van der Waals surface area contributed by atoms with Crippen molar-refractivity contribution in [2.24, 2.45) is 5.10 Å². The molecule has 0 amide bonds. The van der Waals surface area contributed by atoms with Gasteiger partial charge in [0.2, 0.25) is 0 Å². The molecule has 3 aromatic rings. The fraction of sp³-hybridized carbons (Fsp3) is 0.0714. The molecule has 3 rings (SSSR count). The molecule has 0 saturated carbocycles. The van der Waals surface area contributed by atoms with E-state index in [1.54, 1.807) is 0 Å². The number of fused-ring (bicyclic) bond motifs is 3. The first-order valence-corrected chi connectivity index (χ1v) is 5.28. The maximum atomic E-state index is 4.09. The smallest absolute Gasteiger partial charge is 0.0734 e. The molecule has 2 nitrogen and oxygen atoms in total. The van der Waals surface area contributed by atoms with Crippen LogP contribution < -0.4 is 0 Å². The van der Waals surface area contributed by atoms with E-state index >= 15 is 0 Å². The van der Waals surface area contributed by atoms with Crippen LogP contribution in [0.25, 0.3) is 21.8 Å². The molecule has 1 aromatic heterocycles. The molecule has 2 heteroatoms. The van der Waals surface area contributed by atoms with Gasteiger partial charge in [-0.1, -0.05) is 30.3 Å². The number of aryl methyl sites for hydroxylation is 1. The minimum atomic E-state index is 1.11. The predicted molar refractivity (Wildman–Crippen MR) is 69.1 cm³/mol. The molecule has 0 N–H and O–H groups in total. The highest BCUT2D eigenvalue weighted by atomic mass is 15.3. The Kier molecular flexibility index (Phi) is 1.83. The summed E-state index contributed by atoms with van der Waals surface area (Å²) in [5.41, 5.74) is 3.47. The molecule has 0 fully saturated rings. The van der Waals surface area contributed by atoms with Crippen LogP contribution in [0.1, 0.15) is 5.56 Å². The number of para-hydroxylation sites is 1. The minimum absolute atomic E-state index is 1.11. The van der Waals surface area contributed by atoms with Gasteiger partial charge in [0.25, 0.3) is 0 Å². The van der Waals surface area contributed by atoms with Crippen LogP contribution in [0.15, 0.2) is 47.6 Å². The van der Waals surface area contributed by atoms with Crippen molar-refractivity contribution in [3.05, 3.63) is 48.0 Å². The van der Waals surface area contributed by atoms with Gasteiger partial charge in [-0.3, -0.25) is 0 Å². The van der Waals surface area contributed by atoms with E-state index in [2.05, 4.69) is 55.1 Å². The van der Waals surface area contributed by atoms with E-state index in [0.29, 0.717) is 0 Å². The molecular weight excluding hydrogens is 196 g/mol. The highest BCUT2D eigenvalue weighted by Crippen LogP contribution is 2.29. The molecule has 0 radical (unpaired) electrons. The number of aromatic nitrogens is 1. The zero-order valence-electron chi connectivity index (χ0n) is 9.14. The second kappa shape index (κ2) is 3.20. The van der Waals surface area contributed by atoms with Crippen molar-refractivity contribution in [2.75, 3.05) is 0 Å². The second-order valence-electron chi connectivity index (χ2n) is 3.99. The number of benzene rings is 2. The average Bonchev–Trinajstić information content (AvgIpc) is 2.61. The van der Waals surface area contributed by atoms with E-state index in [0.717, 1.165) is 11.0 Å². The van der Waals surface area contributed by atoms with Crippen molar-refractivity contribution in [1.82, 2.24) is 4.68 Å². The van der Waals surface area contributed by atoms with E-state index in [-0.39, 0.29) is 0 Å². The van der Waals surface area contributed by atoms with Gasteiger partial charge < -0.3 is 0 Å². The molecule has 16 heavy (non-hydrogen) atoms. The molecule has 2 aromatic carbocycles. The Balaban J connectivity index is 2.63. The molecule has 0 unspecified atom stereocenters. The summed E-state index contributed by atoms with van der Waals surface area (Å²) in [4.78, 5) is 0. The van der Waals surface area contributed by atoms with Gasteiger partial charge in [0.05, 0.1) is 11.0 Å². The Labute approximate surface area is 93.8 Å². The third kappa shape index (κ3) is 1.10. The summed E-state index contributed by atoms with van der Waals surface area (Å²) in [5.74, 6) is 0. The number of rotatable bonds is 1. The first-order valence-electron chi connectivity index (χ1n) is 5.28. The molecule has 78 valence electrons. The molecule has 1 heterocycles. The van der Waals surface area contributed by atoms with Gasteiger partial charge in [0.1, 0.15) is 0 Å². The van der Waals surface area contributed by atoms with Crippen LogP contribution in [0.5, 0.6) is 0 Å². The van der Waals surface area contributed by atoms with Crippen molar-refractivity contribution >= 4 is 28.5 Å². The summed E-state index contributed by atoms with van der Waals surface area (Å²) >= 11 is 0. The number of nitrogens with zero attached hydrogens (tertiary/aromatic N) is 2. The van der Waals surface area contributed by atoms with E-state index in [9.17, 15) is 0 Å². The van der Waals surface area contributed by atoms with Crippen LogP contribution in [0.2, 0.25) is 0 Å². The van der Waals surface area contributed by atoms with Crippen molar-refractivity contribution in [3.63, 3.8) is 0 Å². The van der Waals surface area contributed by atoms with E-state index in [4.69, 9.17) is 0 Å². The number of hydrogen-bond donors (Lipinski definition) is 0. The number of hydrogen-bond acceptors (Lipinski definition) is 1. The lowest BCUT2D eigenvalue weighted by atomic mass is 10.1. The van der Waals surface area contributed by atoms with Gasteiger partial charge in [0.15, 0.2) is 0 Å². The second-order valence-corrected chi connectivity index (χ2v) is 3.99. The first kappa shape index (κ1) is 9.16. The molecule has 0 bridgehead atoms. The summed E-state index contributed by atoms with van der Waals surface area (Å²) in [6.45, 7) is 5.73. The summed E-state index contributed by atoms with van der Waals surface area (Å²) < 4.78 is 1.90. The summed E-state index contributed by atoms with van der Waals surface area (Å²) in [6.07, 6.45) is 0. The van der Waals surface area contributed by atoms with Crippen LogP contribution in [0.4, 0.5) is 0 Å². The van der Waals surface area contributed by atoms with E-state index in [1.807, 2.05) is 10.7 Å². The average molecular weight is 208 g/mol. The van der Waals surface area contributed by atoms with Crippen LogP contribution in [0.3, 0.4) is 0 Å². The molecule has 0 aliphatic rings. The molecule has 0 aliphatic heterocycles. The van der Waals surface area contributed by atoms with Crippen molar-refractivity contribution < 1.29 is 0 Å². The highest BCUT2D eigenvalue weighted by molar-refractivity contribution is 6.08. The Morgan fingerprint density at radius 1 is 1.00 bits per heavy atom. The van der Waals surface area contributed by atoms with Crippen molar-refractivity contribution in [3.8, 4) is 0 Å². The fourth-order valence-electron chi connectivity index (χ4n) is 2.21. The van der Waals surface area contributed by atoms with Crippen LogP contribution >= 0.6 is 0 Å². The van der Waals surface area contributed by atoms with Crippen LogP contribution in [0, 0.1) is 6.92 Å². The van der Waals surface area contributed by atoms with Gasteiger partial charge in [-0.05, 0) is 24.6 Å². The quantitative estimate of drug-likeness (QED) is 0.544. The first-order chi connectivity index (χ1) is 7.81. The van der Waals surface area contributed by atoms with Crippen molar-refractivity contribution in [1.29, 1.82) is 0 Å². The fourth-order valence-corrected chi connectivity index (χ4v) is 2.21. The maximum Gasteiger partial charge on any atom is 0.0734 e. The largest absolute Gasteiger partial charge is 0.233 e. The monoisotopic (exact) mass is 208 g/mol. The third-order valence-corrected chi connectivity index (χ3v) is 2.95. The van der Waals surface area contributed by atoms with Gasteiger partial charge >= 0.3 is 0 Å². The summed E-state index contributed by atoms with van der Waals surface area (Å²) in [6, 6.07) is 14.7. The third-order valence-electron chi connectivity index (χ3n) is 2.95. The predicted octanol–water partition coefficient (Wildman–Crippen LogP) is 3.57. The van der Waals surface area contributed by atoms with Gasteiger partial charge in [0, 0.05) is 17.5 Å². The Hall–Kier alpha value is -2.09. The molecule has 0 atom stereocenters. The van der Waals surface area contributed by atoms with Gasteiger partial charge in [-0.25, -0.2) is 4.68 Å². The lowest BCUT2D eigenvalue weighted by molar-refractivity contribution is 0.980. The van der Waals surface area contributed by atoms with E-state index in [1.165, 1.54) is 16.3 Å². The maximum absolute atomic E-state index is 4.09. The topological polar surface area (TPSA) is 17.3 Å². The zero-order valence-corrected chi connectivity index (χ0v) is 9.14. The lowest BCUT2D eigenvalue weighted by Crippen LogP contribution is -1.85. The molecule has 0 spiro atoms. The van der Waals surface area contributed by atoms with Crippen LogP contribution in [-0.2, 0) is 0 Å². The van der Waals surface area contributed by atoms with Crippen molar-refractivity contribution in [2.45, 2.75) is 6.92 Å². The Bertz CT molecular complexity index is 692. The molecular formula is C14H12N2. The molecule has 0 aliphatic carbocycles. The van der Waals surface area contributed by atoms with Crippen LogP contribution in [-0.4, -0.2) is 11.4 Å². The van der Waals surface area contributed by atoms with Gasteiger partial charge in [-0.2, -0.15) is 5.10 Å². The zero-order chi connectivity index (χ0) is 11.1. The highest BCUT2D eigenvalue weighted by Gasteiger charge is 2.08. The minimum Gasteiger partial charge on any atom is -0.233 e. The Morgan fingerprint density at radius 3 is 2.56 bits per heavy atom. The SMILES string of the molecule is C=Nn1c2ccccc2c2ccc(C)cc21. The van der Waals surface area contributed by atoms with E-state index < -0.39 is 0 Å². The Morgan fingerprint density at radius 2 is 1.75 bits per heavy atom. The summed E-state index contributed by atoms with van der Waals surface area (Å²) in [5, 5.41) is 6.55. The summed E-state index contributed by atoms with van der Waals surface area (Å²) in [7, 11) is 0. The standard InChI is InChI=1S/C14H12N2/c1-10-7-8-12-11-5-3-4-6-13(11)16(15-2)14(12)9-10/h3-9H,2H2,1H3. The molecule has 0 saturated heterocycles. The lowest BCUT2D eigenvalue weighted by Gasteiger charge is -1.98. The van der Waals surface area contributed by atoms with Gasteiger partial charge in [-0.15, -0.1) is 0 Å².